The second-order valence-electron chi connectivity index (χ2n) is 12.3. The summed E-state index contributed by atoms with van der Waals surface area (Å²) in [5, 5.41) is 9.95. The van der Waals surface area contributed by atoms with Gasteiger partial charge in [-0.1, -0.05) is 114 Å². The normalized spacial score (nSPS) is 24.2. The number of ether oxygens (including phenoxy) is 1. The van der Waals surface area contributed by atoms with E-state index in [9.17, 15) is 10.1 Å². The number of esters is 1. The molecule has 2 aliphatic carbocycles. The monoisotopic (exact) mass is 527 g/mol. The van der Waals surface area contributed by atoms with Crippen LogP contribution in [0.5, 0.6) is 5.75 Å². The van der Waals surface area contributed by atoms with Crippen molar-refractivity contribution in [2.45, 2.75) is 122 Å². The minimum atomic E-state index is -0.281. The molecule has 0 radical (unpaired) electrons. The molecule has 210 valence electrons. The zero-order chi connectivity index (χ0) is 27.5. The van der Waals surface area contributed by atoms with Crippen LogP contribution in [0.15, 0.2) is 48.5 Å². The molecule has 0 N–H and O–H groups in total. The summed E-state index contributed by atoms with van der Waals surface area (Å²) in [5.74, 6) is 1.90. The number of nitrogens with zero attached hydrogens (tertiary/aromatic N) is 1. The SMILES string of the molecule is CCCCCCCC1CCC(C(=O)Oc2ccc(-c3ccc([C@@]4(C#N)C[C@@H]4CCCCCC)cc3)cc2)CC1. The third kappa shape index (κ3) is 7.97. The average molecular weight is 528 g/mol. The van der Waals surface area contributed by atoms with Crippen LogP contribution in [0.4, 0.5) is 0 Å². The smallest absolute Gasteiger partial charge is 0.314 e. The second kappa shape index (κ2) is 14.7. The lowest BCUT2D eigenvalue weighted by molar-refractivity contribution is -0.140. The molecule has 2 aromatic rings. The van der Waals surface area contributed by atoms with Crippen LogP contribution in [0.3, 0.4) is 0 Å². The maximum atomic E-state index is 12.8. The molecule has 0 spiro atoms. The summed E-state index contributed by atoms with van der Waals surface area (Å²) in [6, 6.07) is 19.1. The molecular weight excluding hydrogens is 478 g/mol. The van der Waals surface area contributed by atoms with E-state index in [4.69, 9.17) is 4.74 Å². The molecule has 0 bridgehead atoms. The van der Waals surface area contributed by atoms with E-state index < -0.39 is 0 Å². The van der Waals surface area contributed by atoms with Gasteiger partial charge in [0.1, 0.15) is 5.75 Å². The van der Waals surface area contributed by atoms with Crippen LogP contribution in [-0.2, 0) is 10.2 Å². The van der Waals surface area contributed by atoms with Crippen LogP contribution in [-0.4, -0.2) is 5.97 Å². The molecule has 0 unspecified atom stereocenters. The highest BCUT2D eigenvalue weighted by molar-refractivity contribution is 5.75. The molecule has 2 aliphatic rings. The van der Waals surface area contributed by atoms with Crippen molar-refractivity contribution >= 4 is 5.97 Å². The Kier molecular flexibility index (Phi) is 11.1. The van der Waals surface area contributed by atoms with Crippen molar-refractivity contribution < 1.29 is 9.53 Å². The van der Waals surface area contributed by atoms with E-state index in [0.717, 1.165) is 61.1 Å². The van der Waals surface area contributed by atoms with Crippen molar-refractivity contribution in [3.63, 3.8) is 0 Å². The first kappa shape index (κ1) is 29.4. The van der Waals surface area contributed by atoms with E-state index in [1.54, 1.807) is 0 Å². The van der Waals surface area contributed by atoms with E-state index in [2.05, 4.69) is 44.2 Å². The molecular formula is C36H49NO2. The lowest BCUT2D eigenvalue weighted by atomic mass is 9.80. The number of benzene rings is 2. The molecule has 3 nitrogen and oxygen atoms in total. The Morgan fingerprint density at radius 3 is 1.97 bits per heavy atom. The van der Waals surface area contributed by atoms with Crippen molar-refractivity contribution in [2.75, 3.05) is 0 Å². The van der Waals surface area contributed by atoms with Gasteiger partial charge in [0, 0.05) is 0 Å². The van der Waals surface area contributed by atoms with Crippen LogP contribution in [0, 0.1) is 29.1 Å². The number of unbranched alkanes of at least 4 members (excludes halogenated alkanes) is 7. The summed E-state index contributed by atoms with van der Waals surface area (Å²) in [4.78, 5) is 12.8. The molecule has 3 heteroatoms. The topological polar surface area (TPSA) is 50.1 Å². The molecule has 39 heavy (non-hydrogen) atoms. The minimum absolute atomic E-state index is 0.0407. The number of rotatable bonds is 15. The third-order valence-corrected chi connectivity index (χ3v) is 9.41. The summed E-state index contributed by atoms with van der Waals surface area (Å²) < 4.78 is 5.78. The summed E-state index contributed by atoms with van der Waals surface area (Å²) in [7, 11) is 0. The van der Waals surface area contributed by atoms with E-state index in [1.807, 2.05) is 24.3 Å². The largest absolute Gasteiger partial charge is 0.426 e. The zero-order valence-corrected chi connectivity index (χ0v) is 24.4. The van der Waals surface area contributed by atoms with E-state index in [1.165, 1.54) is 64.2 Å². The van der Waals surface area contributed by atoms with Crippen molar-refractivity contribution in [1.29, 1.82) is 5.26 Å². The van der Waals surface area contributed by atoms with Gasteiger partial charge in [0.25, 0.3) is 0 Å². The maximum Gasteiger partial charge on any atom is 0.314 e. The van der Waals surface area contributed by atoms with Crippen molar-refractivity contribution in [3.8, 4) is 22.9 Å². The molecule has 2 atom stereocenters. The molecule has 0 aliphatic heterocycles. The van der Waals surface area contributed by atoms with Gasteiger partial charge in [-0.15, -0.1) is 0 Å². The lowest BCUT2D eigenvalue weighted by Gasteiger charge is -2.27. The summed E-state index contributed by atoms with van der Waals surface area (Å²) >= 11 is 0. The molecule has 2 aromatic carbocycles. The Morgan fingerprint density at radius 2 is 1.36 bits per heavy atom. The van der Waals surface area contributed by atoms with Gasteiger partial charge >= 0.3 is 5.97 Å². The van der Waals surface area contributed by atoms with E-state index >= 15 is 0 Å². The summed E-state index contributed by atoms with van der Waals surface area (Å²) in [5.41, 5.74) is 3.10. The molecule has 4 rings (SSSR count). The quantitative estimate of drug-likeness (QED) is 0.131. The summed E-state index contributed by atoms with van der Waals surface area (Å²) in [6.07, 6.45) is 19.5. The Labute approximate surface area is 237 Å². The molecule has 0 amide bonds. The molecule has 0 saturated heterocycles. The average Bonchev–Trinajstić information content (AvgIpc) is 3.70. The van der Waals surface area contributed by atoms with Gasteiger partial charge in [0.2, 0.25) is 0 Å². The minimum Gasteiger partial charge on any atom is -0.426 e. The number of nitriles is 1. The highest BCUT2D eigenvalue weighted by atomic mass is 16.5. The van der Waals surface area contributed by atoms with Crippen LogP contribution < -0.4 is 4.74 Å². The highest BCUT2D eigenvalue weighted by Gasteiger charge is 2.55. The predicted molar refractivity (Wildman–Crippen MR) is 160 cm³/mol. The summed E-state index contributed by atoms with van der Waals surface area (Å²) in [6.45, 7) is 4.50. The molecule has 0 aromatic heterocycles. The zero-order valence-electron chi connectivity index (χ0n) is 24.4. The van der Waals surface area contributed by atoms with Gasteiger partial charge in [-0.2, -0.15) is 5.26 Å². The second-order valence-corrected chi connectivity index (χ2v) is 12.3. The Morgan fingerprint density at radius 1 is 0.795 bits per heavy atom. The first-order valence-electron chi connectivity index (χ1n) is 15.9. The fourth-order valence-electron chi connectivity index (χ4n) is 6.65. The Hall–Kier alpha value is -2.60. The van der Waals surface area contributed by atoms with Gasteiger partial charge in [0.05, 0.1) is 17.4 Å². The highest BCUT2D eigenvalue weighted by Crippen LogP contribution is 2.56. The van der Waals surface area contributed by atoms with Gasteiger partial charge < -0.3 is 4.74 Å². The predicted octanol–water partition coefficient (Wildman–Crippen LogP) is 10.2. The fraction of sp³-hybridized carbons (Fsp3) is 0.611. The molecule has 0 heterocycles. The van der Waals surface area contributed by atoms with Crippen molar-refractivity contribution in [3.05, 3.63) is 54.1 Å². The van der Waals surface area contributed by atoms with E-state index in [0.29, 0.717) is 11.7 Å². The Bertz CT molecular complexity index is 1060. The van der Waals surface area contributed by atoms with Gasteiger partial charge in [-0.25, -0.2) is 0 Å². The van der Waals surface area contributed by atoms with Gasteiger partial charge in [-0.05, 0) is 79.2 Å². The third-order valence-electron chi connectivity index (χ3n) is 9.41. The maximum absolute atomic E-state index is 12.8. The van der Waals surface area contributed by atoms with Crippen LogP contribution in [0.2, 0.25) is 0 Å². The Balaban J connectivity index is 1.23. The van der Waals surface area contributed by atoms with Crippen LogP contribution >= 0.6 is 0 Å². The van der Waals surface area contributed by atoms with Crippen LogP contribution in [0.25, 0.3) is 11.1 Å². The van der Waals surface area contributed by atoms with Crippen molar-refractivity contribution in [1.82, 2.24) is 0 Å². The standard InChI is InChI=1S/C36H49NO2/c1-3-5-7-9-10-12-28-14-16-31(17-15-28)35(38)39-34-24-20-30(21-25-34)29-18-22-32(23-19-29)36(27-37)26-33(36)13-11-8-6-4-2/h18-25,28,31,33H,3-17,26H2,1-2H3/t28?,31?,33-,36-/m0/s1. The lowest BCUT2D eigenvalue weighted by Crippen LogP contribution is -2.25. The molecule has 2 saturated carbocycles. The number of hydrogen-bond donors (Lipinski definition) is 0. The van der Waals surface area contributed by atoms with Crippen molar-refractivity contribution in [2.24, 2.45) is 17.8 Å². The van der Waals surface area contributed by atoms with E-state index in [-0.39, 0.29) is 17.3 Å². The molecule has 2 fully saturated rings. The number of carbonyl (C=O) groups is 1. The van der Waals surface area contributed by atoms with Gasteiger partial charge in [-0.3, -0.25) is 4.79 Å². The van der Waals surface area contributed by atoms with Gasteiger partial charge in [0.15, 0.2) is 0 Å². The van der Waals surface area contributed by atoms with Crippen LogP contribution in [0.1, 0.15) is 122 Å². The number of carbonyl (C=O) groups excluding carboxylic acids is 1. The first-order chi connectivity index (χ1) is 19.1. The fourth-order valence-corrected chi connectivity index (χ4v) is 6.65. The number of hydrogen-bond acceptors (Lipinski definition) is 3. The first-order valence-corrected chi connectivity index (χ1v) is 15.9.